The van der Waals surface area contributed by atoms with Crippen LogP contribution in [0.5, 0.6) is 0 Å². The molecule has 2 amide bonds. The average Bonchev–Trinajstić information content (AvgIpc) is 2.63. The van der Waals surface area contributed by atoms with Gasteiger partial charge in [0.1, 0.15) is 6.29 Å². The predicted octanol–water partition coefficient (Wildman–Crippen LogP) is 1.78. The van der Waals surface area contributed by atoms with Crippen LogP contribution in [0.3, 0.4) is 0 Å². The minimum Gasteiger partial charge on any atom is -0.319 e. The lowest BCUT2D eigenvalue weighted by Gasteiger charge is -2.34. The second-order valence-corrected chi connectivity index (χ2v) is 5.69. The maximum atomic E-state index is 12.1. The van der Waals surface area contributed by atoms with Gasteiger partial charge >= 0.3 is 6.09 Å². The van der Waals surface area contributed by atoms with Gasteiger partial charge in [0.05, 0.1) is 0 Å². The van der Waals surface area contributed by atoms with E-state index in [4.69, 9.17) is 4.84 Å². The Morgan fingerprint density at radius 1 is 1.24 bits per heavy atom. The molecule has 1 fully saturated rings. The first-order valence-electron chi connectivity index (χ1n) is 8.35. The molecule has 1 aliphatic heterocycles. The molecule has 1 rings (SSSR count). The highest BCUT2D eigenvalue weighted by Gasteiger charge is 2.24. The fraction of sp³-hybridized carbons (Fsp3) is 0.500. The number of rotatable bonds is 7. The van der Waals surface area contributed by atoms with Crippen molar-refractivity contribution in [1.82, 2.24) is 14.9 Å². The van der Waals surface area contributed by atoms with Gasteiger partial charge in [-0.1, -0.05) is 30.9 Å². The molecule has 0 aromatic carbocycles. The summed E-state index contributed by atoms with van der Waals surface area (Å²) >= 11 is 0. The van der Waals surface area contributed by atoms with Crippen LogP contribution in [-0.4, -0.2) is 72.9 Å². The Bertz CT molecular complexity index is 534. The number of amides is 2. The van der Waals surface area contributed by atoms with Gasteiger partial charge in [0.15, 0.2) is 0 Å². The Balaban J connectivity index is 2.42. The minimum absolute atomic E-state index is 0.0317. The zero-order valence-electron chi connectivity index (χ0n) is 15.0. The molecule has 1 aliphatic rings. The van der Waals surface area contributed by atoms with Gasteiger partial charge in [-0.2, -0.15) is 5.06 Å². The Morgan fingerprint density at radius 2 is 1.92 bits per heavy atom. The zero-order chi connectivity index (χ0) is 18.7. The van der Waals surface area contributed by atoms with Crippen molar-refractivity contribution in [2.24, 2.45) is 0 Å². The van der Waals surface area contributed by atoms with Crippen LogP contribution in [0.1, 0.15) is 19.8 Å². The number of hydroxylamine groups is 2. The summed E-state index contributed by atoms with van der Waals surface area (Å²) in [5.41, 5.74) is 1.12. The van der Waals surface area contributed by atoms with Crippen molar-refractivity contribution >= 4 is 18.3 Å². The van der Waals surface area contributed by atoms with Gasteiger partial charge in [0, 0.05) is 52.6 Å². The number of hydrogen-bond acceptors (Lipinski definition) is 5. The van der Waals surface area contributed by atoms with Gasteiger partial charge in [-0.3, -0.25) is 9.69 Å². The first kappa shape index (κ1) is 20.6. The molecule has 0 aromatic rings. The molecule has 0 aromatic heterocycles. The number of hydrogen-bond donors (Lipinski definition) is 0. The maximum Gasteiger partial charge on any atom is 0.434 e. The van der Waals surface area contributed by atoms with Crippen LogP contribution in [0.4, 0.5) is 4.79 Å². The number of aldehydes is 1. The van der Waals surface area contributed by atoms with Crippen molar-refractivity contribution < 1.29 is 19.2 Å². The third-order valence-electron chi connectivity index (χ3n) is 3.84. The number of carbonyl (C=O) groups excluding carboxylic acids is 3. The molecule has 0 saturated carbocycles. The van der Waals surface area contributed by atoms with Gasteiger partial charge < -0.3 is 14.5 Å². The molecule has 0 spiro atoms. The molecular weight excluding hydrogens is 322 g/mol. The van der Waals surface area contributed by atoms with Crippen LogP contribution >= 0.6 is 0 Å². The van der Waals surface area contributed by atoms with E-state index in [2.05, 4.69) is 11.5 Å². The Kier molecular flexibility index (Phi) is 9.24. The maximum absolute atomic E-state index is 12.1. The smallest absolute Gasteiger partial charge is 0.319 e. The van der Waals surface area contributed by atoms with E-state index >= 15 is 0 Å². The summed E-state index contributed by atoms with van der Waals surface area (Å²) in [5.74, 6) is -0.399. The quantitative estimate of drug-likeness (QED) is 0.398. The van der Waals surface area contributed by atoms with E-state index in [0.717, 1.165) is 30.3 Å². The lowest BCUT2D eigenvalue weighted by molar-refractivity contribution is -0.163. The summed E-state index contributed by atoms with van der Waals surface area (Å²) in [6, 6.07) is 0. The molecule has 0 bridgehead atoms. The summed E-state index contributed by atoms with van der Waals surface area (Å²) in [4.78, 5) is 42.9. The molecule has 1 saturated heterocycles. The number of allylic oxidation sites excluding steroid dienone is 3. The lowest BCUT2D eigenvalue weighted by Crippen LogP contribution is -2.50. The second-order valence-electron chi connectivity index (χ2n) is 5.69. The summed E-state index contributed by atoms with van der Waals surface area (Å²) in [6.07, 6.45) is 8.06. The van der Waals surface area contributed by atoms with Crippen molar-refractivity contribution in [2.75, 3.05) is 39.8 Å². The van der Waals surface area contributed by atoms with Crippen molar-refractivity contribution in [3.8, 4) is 0 Å². The first-order valence-corrected chi connectivity index (χ1v) is 8.35. The Morgan fingerprint density at radius 3 is 2.48 bits per heavy atom. The summed E-state index contributed by atoms with van der Waals surface area (Å²) in [5, 5.41) is 0.897. The van der Waals surface area contributed by atoms with Gasteiger partial charge in [-0.25, -0.2) is 4.79 Å². The fourth-order valence-electron chi connectivity index (χ4n) is 2.32. The molecule has 0 aliphatic carbocycles. The van der Waals surface area contributed by atoms with Gasteiger partial charge in [-0.15, -0.1) is 0 Å². The van der Waals surface area contributed by atoms with Crippen LogP contribution in [-0.2, 0) is 14.4 Å². The van der Waals surface area contributed by atoms with E-state index in [9.17, 15) is 14.4 Å². The standard InChI is InChI=1S/C18H27N3O4/c1-4-6-8-16(5-2)15-20-10-12-21(13-11-20)18(24)25-19(3)17(23)9-7-14-22/h4-6,8,14H,2,7,9-13,15H2,1,3H3/b6-4-,16-8+. The molecule has 0 atom stereocenters. The minimum atomic E-state index is -0.546. The van der Waals surface area contributed by atoms with Crippen molar-refractivity contribution in [2.45, 2.75) is 19.8 Å². The van der Waals surface area contributed by atoms with E-state index < -0.39 is 12.0 Å². The van der Waals surface area contributed by atoms with Crippen LogP contribution in [0.2, 0.25) is 0 Å². The highest BCUT2D eigenvalue weighted by atomic mass is 16.7. The molecule has 1 heterocycles. The van der Waals surface area contributed by atoms with Gasteiger partial charge in [0.2, 0.25) is 0 Å². The molecule has 25 heavy (non-hydrogen) atoms. The van der Waals surface area contributed by atoms with Crippen molar-refractivity contribution in [1.29, 1.82) is 0 Å². The van der Waals surface area contributed by atoms with E-state index in [-0.39, 0.29) is 12.8 Å². The van der Waals surface area contributed by atoms with E-state index in [0.29, 0.717) is 19.4 Å². The normalized spacial score (nSPS) is 15.9. The Labute approximate surface area is 149 Å². The summed E-state index contributed by atoms with van der Waals surface area (Å²) in [6.45, 7) is 9.06. The molecule has 0 radical (unpaired) electrons. The third-order valence-corrected chi connectivity index (χ3v) is 3.84. The highest BCUT2D eigenvalue weighted by molar-refractivity contribution is 5.79. The number of piperazine rings is 1. The molecule has 0 unspecified atom stereocenters. The van der Waals surface area contributed by atoms with Gasteiger partial charge in [-0.05, 0) is 12.5 Å². The molecule has 138 valence electrons. The topological polar surface area (TPSA) is 70.2 Å². The molecular formula is C18H27N3O4. The zero-order valence-corrected chi connectivity index (χ0v) is 15.0. The molecule has 7 heteroatoms. The summed E-state index contributed by atoms with van der Waals surface area (Å²) < 4.78 is 0. The van der Waals surface area contributed by atoms with E-state index in [1.807, 2.05) is 31.2 Å². The van der Waals surface area contributed by atoms with Gasteiger partial charge in [0.25, 0.3) is 5.91 Å². The van der Waals surface area contributed by atoms with E-state index in [1.54, 1.807) is 4.90 Å². The summed E-state index contributed by atoms with van der Waals surface area (Å²) in [7, 11) is 1.38. The monoisotopic (exact) mass is 349 g/mol. The first-order chi connectivity index (χ1) is 12.0. The van der Waals surface area contributed by atoms with Crippen LogP contribution in [0, 0.1) is 0 Å². The average molecular weight is 349 g/mol. The lowest BCUT2D eigenvalue weighted by atomic mass is 10.2. The Hall–Kier alpha value is -2.41. The highest BCUT2D eigenvalue weighted by Crippen LogP contribution is 2.09. The largest absolute Gasteiger partial charge is 0.434 e. The number of carbonyl (C=O) groups is 3. The van der Waals surface area contributed by atoms with Crippen LogP contribution in [0.25, 0.3) is 0 Å². The van der Waals surface area contributed by atoms with E-state index in [1.165, 1.54) is 7.05 Å². The number of nitrogens with zero attached hydrogens (tertiary/aromatic N) is 3. The predicted molar refractivity (Wildman–Crippen MR) is 95.7 cm³/mol. The molecule has 7 nitrogen and oxygen atoms in total. The fourth-order valence-corrected chi connectivity index (χ4v) is 2.32. The van der Waals surface area contributed by atoms with Crippen LogP contribution < -0.4 is 0 Å². The van der Waals surface area contributed by atoms with Crippen molar-refractivity contribution in [3.05, 3.63) is 36.5 Å². The third kappa shape index (κ3) is 7.34. The van der Waals surface area contributed by atoms with Crippen molar-refractivity contribution in [3.63, 3.8) is 0 Å². The second kappa shape index (κ2) is 11.2. The molecule has 0 N–H and O–H groups in total. The van der Waals surface area contributed by atoms with Crippen LogP contribution in [0.15, 0.2) is 36.5 Å². The SMILES string of the molecule is C=C/C(=C\C=C/C)CN1CCN(C(=O)ON(C)C(=O)CCC=O)CC1.